The Morgan fingerprint density at radius 3 is 2.60 bits per heavy atom. The zero-order valence-corrected chi connectivity index (χ0v) is 13.8. The number of hydrazone groups is 1. The average molecular weight is 334 g/mol. The van der Waals surface area contributed by atoms with Gasteiger partial charge in [0.1, 0.15) is 23.9 Å². The first-order chi connectivity index (χ1) is 12.2. The van der Waals surface area contributed by atoms with E-state index in [-0.39, 0.29) is 5.91 Å². The van der Waals surface area contributed by atoms with Crippen LogP contribution in [-0.2, 0) is 6.61 Å². The minimum Gasteiger partial charge on any atom is -0.488 e. The highest BCUT2D eigenvalue weighted by Crippen LogP contribution is 2.19. The molecule has 3 rings (SSSR count). The second kappa shape index (κ2) is 7.97. The van der Waals surface area contributed by atoms with Gasteiger partial charge in [0.25, 0.3) is 5.91 Å². The van der Waals surface area contributed by atoms with Crippen molar-refractivity contribution in [2.24, 2.45) is 5.10 Å². The minimum atomic E-state index is -0.344. The largest absolute Gasteiger partial charge is 0.488 e. The summed E-state index contributed by atoms with van der Waals surface area (Å²) in [5.74, 6) is 1.52. The van der Waals surface area contributed by atoms with Gasteiger partial charge in [-0.05, 0) is 36.8 Å². The molecule has 0 saturated carbocycles. The summed E-state index contributed by atoms with van der Waals surface area (Å²) in [7, 11) is 0. The minimum absolute atomic E-state index is 0.344. The monoisotopic (exact) mass is 334 g/mol. The Bertz CT molecular complexity index is 869. The van der Waals surface area contributed by atoms with Crippen molar-refractivity contribution in [2.45, 2.75) is 13.5 Å². The predicted molar refractivity (Wildman–Crippen MR) is 95.7 cm³/mol. The van der Waals surface area contributed by atoms with Crippen molar-refractivity contribution in [1.82, 2.24) is 5.43 Å². The maximum Gasteiger partial charge on any atom is 0.275 e. The van der Waals surface area contributed by atoms with Crippen LogP contribution in [0.3, 0.4) is 0 Å². The molecule has 0 radical (unpaired) electrons. The van der Waals surface area contributed by atoms with Gasteiger partial charge in [-0.3, -0.25) is 4.79 Å². The summed E-state index contributed by atoms with van der Waals surface area (Å²) >= 11 is 0. The van der Waals surface area contributed by atoms with Crippen LogP contribution in [0.25, 0.3) is 0 Å². The first-order valence-electron chi connectivity index (χ1n) is 7.88. The SMILES string of the molecule is Cc1ccc(C=NNC(=O)c2ccccc2OCc2ccccc2)o1. The zero-order valence-electron chi connectivity index (χ0n) is 13.8. The first-order valence-corrected chi connectivity index (χ1v) is 7.88. The molecule has 0 aliphatic heterocycles. The number of rotatable bonds is 6. The summed E-state index contributed by atoms with van der Waals surface area (Å²) in [6.45, 7) is 2.23. The summed E-state index contributed by atoms with van der Waals surface area (Å²) in [6.07, 6.45) is 1.46. The number of furan rings is 1. The molecule has 1 heterocycles. The Labute approximate surface area is 145 Å². The summed E-state index contributed by atoms with van der Waals surface area (Å²) in [6, 6.07) is 20.5. The van der Waals surface area contributed by atoms with E-state index in [4.69, 9.17) is 9.15 Å². The quantitative estimate of drug-likeness (QED) is 0.549. The van der Waals surface area contributed by atoms with Crippen LogP contribution < -0.4 is 10.2 Å². The van der Waals surface area contributed by atoms with E-state index in [1.807, 2.05) is 49.4 Å². The van der Waals surface area contributed by atoms with Gasteiger partial charge in [-0.15, -0.1) is 0 Å². The van der Waals surface area contributed by atoms with E-state index in [0.29, 0.717) is 23.7 Å². The maximum atomic E-state index is 12.3. The Morgan fingerprint density at radius 1 is 1.08 bits per heavy atom. The molecule has 0 atom stereocenters. The lowest BCUT2D eigenvalue weighted by atomic mass is 10.2. The van der Waals surface area contributed by atoms with Crippen molar-refractivity contribution in [2.75, 3.05) is 0 Å². The number of nitrogens with zero attached hydrogens (tertiary/aromatic N) is 1. The third-order valence-electron chi connectivity index (χ3n) is 3.49. The number of ether oxygens (including phenoxy) is 1. The van der Waals surface area contributed by atoms with Crippen molar-refractivity contribution in [1.29, 1.82) is 0 Å². The fourth-order valence-electron chi connectivity index (χ4n) is 2.25. The number of hydrogen-bond acceptors (Lipinski definition) is 4. The van der Waals surface area contributed by atoms with Gasteiger partial charge in [0.15, 0.2) is 0 Å². The number of para-hydroxylation sites is 1. The molecular weight excluding hydrogens is 316 g/mol. The summed E-state index contributed by atoms with van der Waals surface area (Å²) in [5.41, 5.74) is 3.94. The Hall–Kier alpha value is -3.34. The highest BCUT2D eigenvalue weighted by Gasteiger charge is 2.11. The molecular formula is C20H18N2O3. The molecule has 25 heavy (non-hydrogen) atoms. The number of aryl methyl sites for hydroxylation is 1. The molecule has 0 fully saturated rings. The lowest BCUT2D eigenvalue weighted by Crippen LogP contribution is -2.18. The molecule has 0 spiro atoms. The lowest BCUT2D eigenvalue weighted by Gasteiger charge is -2.10. The Morgan fingerprint density at radius 2 is 1.84 bits per heavy atom. The van der Waals surface area contributed by atoms with Gasteiger partial charge in [0.2, 0.25) is 0 Å². The fraction of sp³-hybridized carbons (Fsp3) is 0.100. The van der Waals surface area contributed by atoms with Gasteiger partial charge in [0.05, 0.1) is 11.8 Å². The molecule has 1 aromatic heterocycles. The lowest BCUT2D eigenvalue weighted by molar-refractivity contribution is 0.0950. The molecule has 126 valence electrons. The average Bonchev–Trinajstić information content (AvgIpc) is 3.06. The molecule has 2 aromatic carbocycles. The van der Waals surface area contributed by atoms with E-state index in [1.54, 1.807) is 24.3 Å². The number of carbonyl (C=O) groups excluding carboxylic acids is 1. The summed E-state index contributed by atoms with van der Waals surface area (Å²) in [5, 5.41) is 3.92. The third kappa shape index (κ3) is 4.57. The van der Waals surface area contributed by atoms with E-state index in [0.717, 1.165) is 11.3 Å². The van der Waals surface area contributed by atoms with Crippen LogP contribution in [0.4, 0.5) is 0 Å². The van der Waals surface area contributed by atoms with E-state index in [2.05, 4.69) is 10.5 Å². The molecule has 0 saturated heterocycles. The van der Waals surface area contributed by atoms with Crippen LogP contribution in [0, 0.1) is 6.92 Å². The molecule has 0 aliphatic carbocycles. The topological polar surface area (TPSA) is 63.8 Å². The number of benzene rings is 2. The van der Waals surface area contributed by atoms with Crippen LogP contribution in [-0.4, -0.2) is 12.1 Å². The third-order valence-corrected chi connectivity index (χ3v) is 3.49. The standard InChI is InChI=1S/C20H18N2O3/c1-15-11-12-17(25-15)13-21-22-20(23)18-9-5-6-10-19(18)24-14-16-7-3-2-4-8-16/h2-13H,14H2,1H3,(H,22,23). The van der Waals surface area contributed by atoms with Gasteiger partial charge in [-0.25, -0.2) is 5.43 Å². The van der Waals surface area contributed by atoms with Crippen LogP contribution in [0.5, 0.6) is 5.75 Å². The van der Waals surface area contributed by atoms with Gasteiger partial charge in [-0.2, -0.15) is 5.10 Å². The second-order valence-corrected chi connectivity index (χ2v) is 5.42. The van der Waals surface area contributed by atoms with Gasteiger partial charge in [0, 0.05) is 0 Å². The molecule has 1 N–H and O–H groups in total. The van der Waals surface area contributed by atoms with Gasteiger partial charge < -0.3 is 9.15 Å². The maximum absolute atomic E-state index is 12.3. The second-order valence-electron chi connectivity index (χ2n) is 5.42. The van der Waals surface area contributed by atoms with Gasteiger partial charge in [-0.1, -0.05) is 42.5 Å². The molecule has 0 aliphatic rings. The van der Waals surface area contributed by atoms with E-state index in [9.17, 15) is 4.79 Å². The van der Waals surface area contributed by atoms with Crippen molar-refractivity contribution in [3.63, 3.8) is 0 Å². The Kier molecular flexibility index (Phi) is 5.26. The van der Waals surface area contributed by atoms with Crippen molar-refractivity contribution >= 4 is 12.1 Å². The van der Waals surface area contributed by atoms with Gasteiger partial charge >= 0.3 is 0 Å². The highest BCUT2D eigenvalue weighted by molar-refractivity contribution is 5.97. The molecule has 3 aromatic rings. The summed E-state index contributed by atoms with van der Waals surface area (Å²) in [4.78, 5) is 12.3. The van der Waals surface area contributed by atoms with Crippen LogP contribution in [0.15, 0.2) is 76.2 Å². The number of carbonyl (C=O) groups is 1. The highest BCUT2D eigenvalue weighted by atomic mass is 16.5. The van der Waals surface area contributed by atoms with Crippen molar-refractivity contribution in [3.05, 3.63) is 89.4 Å². The van der Waals surface area contributed by atoms with E-state index >= 15 is 0 Å². The van der Waals surface area contributed by atoms with E-state index in [1.165, 1.54) is 6.21 Å². The predicted octanol–water partition coefficient (Wildman–Crippen LogP) is 3.93. The Balaban J connectivity index is 1.65. The fourth-order valence-corrected chi connectivity index (χ4v) is 2.25. The number of nitrogens with one attached hydrogen (secondary N) is 1. The normalized spacial score (nSPS) is 10.8. The summed E-state index contributed by atoms with van der Waals surface area (Å²) < 4.78 is 11.1. The molecule has 5 nitrogen and oxygen atoms in total. The molecule has 1 amide bonds. The van der Waals surface area contributed by atoms with Crippen molar-refractivity contribution in [3.8, 4) is 5.75 Å². The first kappa shape index (κ1) is 16.5. The number of hydrogen-bond donors (Lipinski definition) is 1. The zero-order chi connectivity index (χ0) is 17.5. The molecule has 5 heteroatoms. The smallest absolute Gasteiger partial charge is 0.275 e. The molecule has 0 bridgehead atoms. The van der Waals surface area contributed by atoms with Crippen LogP contribution in [0.2, 0.25) is 0 Å². The van der Waals surface area contributed by atoms with Crippen LogP contribution in [0.1, 0.15) is 27.4 Å². The number of amides is 1. The van der Waals surface area contributed by atoms with Crippen molar-refractivity contribution < 1.29 is 13.9 Å². The molecule has 0 unspecified atom stereocenters. The van der Waals surface area contributed by atoms with E-state index < -0.39 is 0 Å². The van der Waals surface area contributed by atoms with Crippen LogP contribution >= 0.6 is 0 Å².